The van der Waals surface area contributed by atoms with E-state index in [4.69, 9.17) is 4.74 Å². The summed E-state index contributed by atoms with van der Waals surface area (Å²) >= 11 is 0. The smallest absolute Gasteiger partial charge is 0.277 e. The van der Waals surface area contributed by atoms with Crippen molar-refractivity contribution in [2.45, 2.75) is 38.5 Å². The Balaban J connectivity index is 2.20. The maximum Gasteiger partial charge on any atom is 0.277 e. The molecule has 0 bridgehead atoms. The number of benzene rings is 1. The van der Waals surface area contributed by atoms with Gasteiger partial charge in [0.1, 0.15) is 11.6 Å². The fraction of sp³-hybridized carbons (Fsp3) is 0.476. The molecule has 2 heterocycles. The van der Waals surface area contributed by atoms with Crippen LogP contribution in [0.1, 0.15) is 31.8 Å². The van der Waals surface area contributed by atoms with Crippen molar-refractivity contribution in [3.05, 3.63) is 40.1 Å². The Labute approximate surface area is 187 Å². The van der Waals surface area contributed by atoms with Crippen LogP contribution >= 0.6 is 0 Å². The van der Waals surface area contributed by atoms with Gasteiger partial charge in [0.2, 0.25) is 10.0 Å². The van der Waals surface area contributed by atoms with Gasteiger partial charge in [0, 0.05) is 26.6 Å². The minimum atomic E-state index is -3.74. The number of aryl methyl sites for hydroxylation is 2. The molecule has 0 amide bonds. The molecule has 32 heavy (non-hydrogen) atoms. The summed E-state index contributed by atoms with van der Waals surface area (Å²) in [5, 5.41) is 7.55. The van der Waals surface area contributed by atoms with Crippen LogP contribution in [0.2, 0.25) is 0 Å². The lowest BCUT2D eigenvalue weighted by Gasteiger charge is -2.18. The Kier molecular flexibility index (Phi) is 7.32. The average Bonchev–Trinajstić information content (AvgIpc) is 3.08. The second-order valence-electron chi connectivity index (χ2n) is 7.45. The Bertz CT molecular complexity index is 1270. The molecule has 0 saturated heterocycles. The number of sulfonamides is 1. The molecule has 2 aromatic heterocycles. The van der Waals surface area contributed by atoms with Crippen molar-refractivity contribution < 1.29 is 13.2 Å². The summed E-state index contributed by atoms with van der Waals surface area (Å²) < 4.78 is 34.7. The predicted molar refractivity (Wildman–Crippen MR) is 123 cm³/mol. The first-order valence-electron chi connectivity index (χ1n) is 10.6. The molecule has 0 aliphatic rings. The van der Waals surface area contributed by atoms with Crippen molar-refractivity contribution in [3.8, 4) is 17.1 Å². The predicted octanol–water partition coefficient (Wildman–Crippen LogP) is 1.58. The van der Waals surface area contributed by atoms with E-state index < -0.39 is 10.0 Å². The van der Waals surface area contributed by atoms with Gasteiger partial charge >= 0.3 is 0 Å². The van der Waals surface area contributed by atoms with Crippen LogP contribution in [0.15, 0.2) is 27.9 Å². The Morgan fingerprint density at radius 1 is 1.28 bits per heavy atom. The fourth-order valence-corrected chi connectivity index (χ4v) is 4.65. The number of H-pyrrole nitrogens is 1. The van der Waals surface area contributed by atoms with E-state index >= 15 is 0 Å². The quantitative estimate of drug-likeness (QED) is 0.469. The van der Waals surface area contributed by atoms with Crippen LogP contribution in [0.4, 0.5) is 0 Å². The van der Waals surface area contributed by atoms with E-state index in [9.17, 15) is 13.2 Å². The molecular formula is C21H30N6O4S. The van der Waals surface area contributed by atoms with Gasteiger partial charge in [-0.25, -0.2) is 17.9 Å². The number of ether oxygens (including phenoxy) is 1. The number of likely N-dealkylation sites (N-methyl/N-ethyl adjacent to an activating group) is 2. The van der Waals surface area contributed by atoms with E-state index in [1.165, 1.54) is 23.5 Å². The highest BCUT2D eigenvalue weighted by atomic mass is 32.2. The van der Waals surface area contributed by atoms with Crippen LogP contribution < -0.4 is 15.6 Å². The molecule has 0 saturated carbocycles. The zero-order valence-electron chi connectivity index (χ0n) is 19.1. The lowest BCUT2D eigenvalue weighted by molar-refractivity contribution is 0.341. The monoisotopic (exact) mass is 462 g/mol. The number of hydrogen-bond acceptors (Lipinski definition) is 7. The number of hydrogen-bond donors (Lipinski definition) is 2. The normalized spacial score (nSPS) is 12.1. The van der Waals surface area contributed by atoms with Gasteiger partial charge < -0.3 is 15.0 Å². The second-order valence-corrected chi connectivity index (χ2v) is 9.49. The maximum atomic E-state index is 13.1. The molecule has 3 aromatic rings. The van der Waals surface area contributed by atoms with Crippen molar-refractivity contribution >= 4 is 15.5 Å². The summed E-state index contributed by atoms with van der Waals surface area (Å²) in [6.07, 6.45) is 1.51. The molecule has 2 N–H and O–H groups in total. The summed E-state index contributed by atoms with van der Waals surface area (Å²) in [6, 6.07) is 4.58. The summed E-state index contributed by atoms with van der Waals surface area (Å²) in [5.74, 6) is 1.33. The van der Waals surface area contributed by atoms with Gasteiger partial charge in [-0.3, -0.25) is 4.79 Å². The van der Waals surface area contributed by atoms with Gasteiger partial charge in [-0.1, -0.05) is 6.92 Å². The van der Waals surface area contributed by atoms with Gasteiger partial charge in [-0.05, 0) is 45.5 Å². The lowest BCUT2D eigenvalue weighted by atomic mass is 10.2. The van der Waals surface area contributed by atoms with Crippen LogP contribution in [0.5, 0.6) is 5.75 Å². The van der Waals surface area contributed by atoms with E-state index in [1.54, 1.807) is 24.6 Å². The second kappa shape index (κ2) is 9.80. The Morgan fingerprint density at radius 3 is 2.69 bits per heavy atom. The number of fused-ring (bicyclic) bond motifs is 1. The summed E-state index contributed by atoms with van der Waals surface area (Å²) in [7, 11) is -0.450. The first-order valence-corrected chi connectivity index (χ1v) is 12.0. The number of aromatic nitrogens is 4. The van der Waals surface area contributed by atoms with Crippen molar-refractivity contribution in [3.63, 3.8) is 0 Å². The molecule has 174 valence electrons. The SMILES string of the molecule is CCCc1nc(C)c2c(=O)[nH]c(-c3cc(S(=O)(=O)N(C)CCNC)ccc3OCC)nn12. The zero-order chi connectivity index (χ0) is 23.5. The molecule has 10 nitrogen and oxygen atoms in total. The first-order chi connectivity index (χ1) is 15.2. The van der Waals surface area contributed by atoms with Gasteiger partial charge in [0.05, 0.1) is 22.8 Å². The van der Waals surface area contributed by atoms with Crippen molar-refractivity contribution in [2.75, 3.05) is 33.8 Å². The van der Waals surface area contributed by atoms with Gasteiger partial charge in [0.25, 0.3) is 5.56 Å². The minimum absolute atomic E-state index is 0.0906. The van der Waals surface area contributed by atoms with E-state index in [0.717, 1.165) is 6.42 Å². The number of rotatable bonds is 10. The average molecular weight is 463 g/mol. The number of nitrogens with one attached hydrogen (secondary N) is 2. The maximum absolute atomic E-state index is 13.1. The van der Waals surface area contributed by atoms with E-state index in [0.29, 0.717) is 54.5 Å². The lowest BCUT2D eigenvalue weighted by Crippen LogP contribution is -2.32. The molecule has 3 rings (SSSR count). The summed E-state index contributed by atoms with van der Waals surface area (Å²) in [6.45, 7) is 6.83. The molecule has 0 fully saturated rings. The number of imidazole rings is 1. The number of aromatic amines is 1. The molecule has 1 aromatic carbocycles. The van der Waals surface area contributed by atoms with Crippen LogP contribution in [-0.2, 0) is 16.4 Å². The molecule has 0 spiro atoms. The van der Waals surface area contributed by atoms with Crippen LogP contribution in [0.3, 0.4) is 0 Å². The highest BCUT2D eigenvalue weighted by molar-refractivity contribution is 7.89. The van der Waals surface area contributed by atoms with Gasteiger partial charge in [-0.2, -0.15) is 4.31 Å². The molecule has 0 aliphatic heterocycles. The van der Waals surface area contributed by atoms with Gasteiger partial charge in [0.15, 0.2) is 11.3 Å². The molecule has 0 unspecified atom stereocenters. The summed E-state index contributed by atoms with van der Waals surface area (Å²) in [4.78, 5) is 20.2. The largest absolute Gasteiger partial charge is 0.493 e. The third kappa shape index (κ3) is 4.54. The summed E-state index contributed by atoms with van der Waals surface area (Å²) in [5.41, 5.74) is 1.03. The third-order valence-electron chi connectivity index (χ3n) is 5.11. The molecule has 0 atom stereocenters. The molecular weight excluding hydrogens is 432 g/mol. The molecule has 0 aliphatic carbocycles. The van der Waals surface area contributed by atoms with Crippen molar-refractivity contribution in [1.82, 2.24) is 29.2 Å². The van der Waals surface area contributed by atoms with Crippen LogP contribution in [0, 0.1) is 6.92 Å². The molecule has 11 heteroatoms. The topological polar surface area (TPSA) is 122 Å². The van der Waals surface area contributed by atoms with E-state index in [1.807, 2.05) is 13.8 Å². The first kappa shape index (κ1) is 23.9. The van der Waals surface area contributed by atoms with E-state index in [-0.39, 0.29) is 16.3 Å². The fourth-order valence-electron chi connectivity index (χ4n) is 3.45. The van der Waals surface area contributed by atoms with Crippen molar-refractivity contribution in [1.29, 1.82) is 0 Å². The van der Waals surface area contributed by atoms with E-state index in [2.05, 4.69) is 20.4 Å². The Morgan fingerprint density at radius 2 is 2.03 bits per heavy atom. The number of nitrogens with zero attached hydrogens (tertiary/aromatic N) is 4. The highest BCUT2D eigenvalue weighted by Gasteiger charge is 2.24. The standard InChI is InChI=1S/C21H30N6O4S/c1-6-8-18-23-14(3)19-21(28)24-20(25-27(18)19)16-13-15(9-10-17(16)31-7-2)32(29,30)26(5)12-11-22-4/h9-10,13,22H,6-8,11-12H2,1-5H3,(H,24,25,28). The van der Waals surface area contributed by atoms with Crippen LogP contribution in [0.25, 0.3) is 16.9 Å². The zero-order valence-corrected chi connectivity index (χ0v) is 19.9. The molecule has 0 radical (unpaired) electrons. The third-order valence-corrected chi connectivity index (χ3v) is 6.96. The minimum Gasteiger partial charge on any atom is -0.493 e. The van der Waals surface area contributed by atoms with Crippen LogP contribution in [-0.4, -0.2) is 66.1 Å². The Hall–Kier alpha value is -2.76. The highest BCUT2D eigenvalue weighted by Crippen LogP contribution is 2.31. The van der Waals surface area contributed by atoms with Crippen molar-refractivity contribution in [2.24, 2.45) is 0 Å². The van der Waals surface area contributed by atoms with Gasteiger partial charge in [-0.15, -0.1) is 5.10 Å².